The van der Waals surface area contributed by atoms with Gasteiger partial charge in [0.15, 0.2) is 0 Å². The number of benzene rings is 1. The molecule has 0 spiro atoms. The van der Waals surface area contributed by atoms with Crippen LogP contribution in [-0.2, 0) is 11.2 Å². The standard InChI is InChI=1S/C13H10FN3O/c14-10-3-1-9(2-4-10)5-12-13(18)16-7-11-6-15-8-17(11)12/h1-4,6-8,12H,5H2. The third-order valence-corrected chi connectivity index (χ3v) is 2.98. The average Bonchev–Trinajstić information content (AvgIpc) is 2.84. The molecular formula is C13H10FN3O. The molecule has 0 N–H and O–H groups in total. The van der Waals surface area contributed by atoms with E-state index in [1.807, 2.05) is 0 Å². The van der Waals surface area contributed by atoms with Gasteiger partial charge in [0.05, 0.1) is 24.4 Å². The first-order valence-corrected chi connectivity index (χ1v) is 5.58. The molecule has 1 aliphatic rings. The van der Waals surface area contributed by atoms with Crippen molar-refractivity contribution in [3.63, 3.8) is 0 Å². The Kier molecular flexibility index (Phi) is 2.51. The van der Waals surface area contributed by atoms with Gasteiger partial charge in [-0.15, -0.1) is 0 Å². The Labute approximate surface area is 103 Å². The number of rotatable bonds is 2. The number of carbonyl (C=O) groups excluding carboxylic acids is 1. The summed E-state index contributed by atoms with van der Waals surface area (Å²) in [6, 6.07) is 5.74. The SMILES string of the molecule is O=C1N=Cc2cncn2C1Cc1ccc(F)cc1. The van der Waals surface area contributed by atoms with Crippen LogP contribution in [-0.4, -0.2) is 21.7 Å². The van der Waals surface area contributed by atoms with Crippen molar-refractivity contribution in [3.05, 3.63) is 53.9 Å². The molecule has 5 heteroatoms. The third kappa shape index (κ3) is 1.84. The molecule has 1 atom stereocenters. The maximum Gasteiger partial charge on any atom is 0.269 e. The van der Waals surface area contributed by atoms with Crippen LogP contribution in [0.5, 0.6) is 0 Å². The summed E-state index contributed by atoms with van der Waals surface area (Å²) in [6.45, 7) is 0. The summed E-state index contributed by atoms with van der Waals surface area (Å²) in [6.07, 6.45) is 5.27. The second kappa shape index (κ2) is 4.18. The second-order valence-electron chi connectivity index (χ2n) is 4.17. The minimum Gasteiger partial charge on any atom is -0.317 e. The van der Waals surface area contributed by atoms with Crippen molar-refractivity contribution in [2.45, 2.75) is 12.5 Å². The number of hydrogen-bond acceptors (Lipinski definition) is 2. The smallest absolute Gasteiger partial charge is 0.269 e. The van der Waals surface area contributed by atoms with Crippen molar-refractivity contribution >= 4 is 12.1 Å². The van der Waals surface area contributed by atoms with Crippen molar-refractivity contribution < 1.29 is 9.18 Å². The Morgan fingerprint density at radius 1 is 1.28 bits per heavy atom. The molecule has 3 rings (SSSR count). The summed E-state index contributed by atoms with van der Waals surface area (Å²) in [5, 5.41) is 0. The van der Waals surface area contributed by atoms with Crippen LogP contribution < -0.4 is 0 Å². The molecule has 4 nitrogen and oxygen atoms in total. The van der Waals surface area contributed by atoms with E-state index in [9.17, 15) is 9.18 Å². The first-order chi connectivity index (χ1) is 8.74. The molecule has 0 radical (unpaired) electrons. The van der Waals surface area contributed by atoms with Gasteiger partial charge in [0.25, 0.3) is 5.91 Å². The minimum absolute atomic E-state index is 0.204. The fourth-order valence-electron chi connectivity index (χ4n) is 2.04. The van der Waals surface area contributed by atoms with Gasteiger partial charge in [-0.05, 0) is 17.7 Å². The number of aliphatic imine (C=N–C) groups is 1. The molecule has 0 fully saturated rings. The van der Waals surface area contributed by atoms with Gasteiger partial charge in [-0.1, -0.05) is 12.1 Å². The lowest BCUT2D eigenvalue weighted by Gasteiger charge is -2.19. The van der Waals surface area contributed by atoms with E-state index in [0.29, 0.717) is 6.42 Å². The molecule has 1 aromatic carbocycles. The predicted molar refractivity (Wildman–Crippen MR) is 64.0 cm³/mol. The number of amides is 1. The Balaban J connectivity index is 1.91. The summed E-state index contributed by atoms with van der Waals surface area (Å²) >= 11 is 0. The van der Waals surface area contributed by atoms with Crippen LogP contribution in [0.3, 0.4) is 0 Å². The Morgan fingerprint density at radius 3 is 2.83 bits per heavy atom. The quantitative estimate of drug-likeness (QED) is 0.807. The zero-order valence-corrected chi connectivity index (χ0v) is 9.45. The largest absolute Gasteiger partial charge is 0.317 e. The second-order valence-corrected chi connectivity index (χ2v) is 4.17. The highest BCUT2D eigenvalue weighted by atomic mass is 19.1. The maximum atomic E-state index is 12.8. The van der Waals surface area contributed by atoms with Gasteiger partial charge in [-0.3, -0.25) is 4.79 Å². The number of aromatic nitrogens is 2. The first-order valence-electron chi connectivity index (χ1n) is 5.58. The number of halogens is 1. The molecule has 2 aromatic rings. The van der Waals surface area contributed by atoms with E-state index < -0.39 is 6.04 Å². The molecule has 0 saturated carbocycles. The van der Waals surface area contributed by atoms with Crippen molar-refractivity contribution in [1.82, 2.24) is 9.55 Å². The van der Waals surface area contributed by atoms with Crippen LogP contribution in [0.25, 0.3) is 0 Å². The Bertz CT molecular complexity index is 615. The average molecular weight is 243 g/mol. The van der Waals surface area contributed by atoms with E-state index in [4.69, 9.17) is 0 Å². The summed E-state index contributed by atoms with van der Waals surface area (Å²) in [4.78, 5) is 19.6. The van der Waals surface area contributed by atoms with E-state index >= 15 is 0 Å². The summed E-state index contributed by atoms with van der Waals surface area (Å²) in [5.41, 5.74) is 1.70. The maximum absolute atomic E-state index is 12.8. The molecule has 1 amide bonds. The zero-order valence-electron chi connectivity index (χ0n) is 9.45. The molecule has 18 heavy (non-hydrogen) atoms. The fourth-order valence-corrected chi connectivity index (χ4v) is 2.04. The van der Waals surface area contributed by atoms with E-state index in [1.165, 1.54) is 18.3 Å². The molecule has 1 aromatic heterocycles. The lowest BCUT2D eigenvalue weighted by atomic mass is 10.0. The Morgan fingerprint density at radius 2 is 2.06 bits per heavy atom. The highest BCUT2D eigenvalue weighted by molar-refractivity contribution is 5.96. The molecule has 0 aliphatic carbocycles. The molecule has 90 valence electrons. The predicted octanol–water partition coefficient (Wildman–Crippen LogP) is 1.77. The van der Waals surface area contributed by atoms with Gasteiger partial charge >= 0.3 is 0 Å². The monoisotopic (exact) mass is 243 g/mol. The fraction of sp³-hybridized carbons (Fsp3) is 0.154. The van der Waals surface area contributed by atoms with Gasteiger partial charge in [0.2, 0.25) is 0 Å². The number of carbonyl (C=O) groups is 1. The molecule has 0 bridgehead atoms. The van der Waals surface area contributed by atoms with Crippen molar-refractivity contribution in [1.29, 1.82) is 0 Å². The van der Waals surface area contributed by atoms with Gasteiger partial charge < -0.3 is 4.57 Å². The van der Waals surface area contributed by atoms with Crippen molar-refractivity contribution in [3.8, 4) is 0 Å². The van der Waals surface area contributed by atoms with Crippen molar-refractivity contribution in [2.24, 2.45) is 4.99 Å². The van der Waals surface area contributed by atoms with Crippen LogP contribution in [0.2, 0.25) is 0 Å². The normalized spacial score (nSPS) is 17.8. The first kappa shape index (κ1) is 10.8. The van der Waals surface area contributed by atoms with Gasteiger partial charge in [0, 0.05) is 6.42 Å². The van der Waals surface area contributed by atoms with Crippen LogP contribution in [0, 0.1) is 5.82 Å². The number of fused-ring (bicyclic) bond motifs is 1. The molecule has 1 aliphatic heterocycles. The van der Waals surface area contributed by atoms with Gasteiger partial charge in [0.1, 0.15) is 11.9 Å². The van der Waals surface area contributed by atoms with Crippen LogP contribution in [0.15, 0.2) is 41.8 Å². The summed E-state index contributed by atoms with van der Waals surface area (Å²) < 4.78 is 14.6. The number of imidazole rings is 1. The van der Waals surface area contributed by atoms with Crippen LogP contribution in [0.4, 0.5) is 4.39 Å². The van der Waals surface area contributed by atoms with Crippen LogP contribution >= 0.6 is 0 Å². The van der Waals surface area contributed by atoms with Crippen LogP contribution in [0.1, 0.15) is 17.3 Å². The highest BCUT2D eigenvalue weighted by Gasteiger charge is 2.25. The van der Waals surface area contributed by atoms with E-state index in [1.54, 1.807) is 29.2 Å². The Hall–Kier alpha value is -2.30. The van der Waals surface area contributed by atoms with Gasteiger partial charge in [-0.2, -0.15) is 0 Å². The lowest BCUT2D eigenvalue weighted by molar-refractivity contribution is -0.121. The van der Waals surface area contributed by atoms with Crippen molar-refractivity contribution in [2.75, 3.05) is 0 Å². The van der Waals surface area contributed by atoms with Gasteiger partial charge in [-0.25, -0.2) is 14.4 Å². The summed E-state index contributed by atoms with van der Waals surface area (Å²) in [7, 11) is 0. The third-order valence-electron chi connectivity index (χ3n) is 2.98. The number of nitrogens with zero attached hydrogens (tertiary/aromatic N) is 3. The molecule has 2 heterocycles. The molecule has 0 saturated heterocycles. The lowest BCUT2D eigenvalue weighted by Crippen LogP contribution is -2.25. The molecular weight excluding hydrogens is 233 g/mol. The minimum atomic E-state index is -0.391. The summed E-state index contributed by atoms with van der Waals surface area (Å²) in [5.74, 6) is -0.486. The highest BCUT2D eigenvalue weighted by Crippen LogP contribution is 2.20. The molecule has 1 unspecified atom stereocenters. The van der Waals surface area contributed by atoms with E-state index in [-0.39, 0.29) is 11.7 Å². The van der Waals surface area contributed by atoms with E-state index in [0.717, 1.165) is 11.3 Å². The topological polar surface area (TPSA) is 47.2 Å². The number of hydrogen-bond donors (Lipinski definition) is 0. The zero-order chi connectivity index (χ0) is 12.5. The van der Waals surface area contributed by atoms with E-state index in [2.05, 4.69) is 9.98 Å².